The van der Waals surface area contributed by atoms with Crippen LogP contribution in [0, 0.1) is 12.8 Å². The van der Waals surface area contributed by atoms with Crippen molar-refractivity contribution in [2.24, 2.45) is 10.9 Å². The van der Waals surface area contributed by atoms with Gasteiger partial charge in [0.2, 0.25) is 0 Å². The first-order chi connectivity index (χ1) is 15.7. The summed E-state index contributed by atoms with van der Waals surface area (Å²) in [7, 11) is 0. The van der Waals surface area contributed by atoms with Gasteiger partial charge in [0, 0.05) is 12.7 Å². The highest BCUT2D eigenvalue weighted by Gasteiger charge is 2.23. The first-order valence-electron chi connectivity index (χ1n) is 11.9. The van der Waals surface area contributed by atoms with Crippen LogP contribution in [0.15, 0.2) is 78.2 Å². The summed E-state index contributed by atoms with van der Waals surface area (Å²) in [6.45, 7) is 12.6. The van der Waals surface area contributed by atoms with E-state index >= 15 is 0 Å². The van der Waals surface area contributed by atoms with Crippen LogP contribution >= 0.6 is 0 Å². The molecule has 32 heavy (non-hydrogen) atoms. The molecule has 0 N–H and O–H groups in total. The molecule has 0 saturated carbocycles. The Morgan fingerprint density at radius 3 is 2.66 bits per heavy atom. The molecule has 3 rings (SSSR count). The Labute approximate surface area is 194 Å². The average molecular weight is 435 g/mol. The van der Waals surface area contributed by atoms with Crippen LogP contribution in [0.3, 0.4) is 0 Å². The van der Waals surface area contributed by atoms with Crippen molar-refractivity contribution in [3.05, 3.63) is 84.3 Å². The molecule has 1 aromatic rings. The highest BCUT2D eigenvalue weighted by Crippen LogP contribution is 2.25. The van der Waals surface area contributed by atoms with Gasteiger partial charge in [-0.1, -0.05) is 48.6 Å². The number of ether oxygens (including phenoxy) is 2. The second-order valence-corrected chi connectivity index (χ2v) is 8.58. The van der Waals surface area contributed by atoms with Crippen LogP contribution in [0.4, 0.5) is 0 Å². The number of hydrogen-bond acceptors (Lipinski definition) is 4. The fourth-order valence-corrected chi connectivity index (χ4v) is 4.17. The molecule has 1 aromatic carbocycles. The van der Waals surface area contributed by atoms with E-state index in [0.29, 0.717) is 5.92 Å². The van der Waals surface area contributed by atoms with Gasteiger partial charge in [-0.2, -0.15) is 0 Å². The Hall–Kier alpha value is -2.43. The number of aryl methyl sites for hydroxylation is 1. The molecule has 0 spiro atoms. The monoisotopic (exact) mass is 434 g/mol. The SMILES string of the molecule is C=CN=C(/C=C\C)C(OCC1CCN(CCOC2=CCCC=C2)CC1)c1ccc(C)cc1. The number of rotatable bonds is 11. The summed E-state index contributed by atoms with van der Waals surface area (Å²) >= 11 is 0. The Morgan fingerprint density at radius 2 is 2.00 bits per heavy atom. The molecule has 0 aromatic heterocycles. The van der Waals surface area contributed by atoms with E-state index in [0.717, 1.165) is 75.6 Å². The van der Waals surface area contributed by atoms with Gasteiger partial charge in [-0.15, -0.1) is 0 Å². The fraction of sp³-hybridized carbons (Fsp3) is 0.464. The Balaban J connectivity index is 1.49. The Morgan fingerprint density at radius 1 is 1.22 bits per heavy atom. The van der Waals surface area contributed by atoms with Crippen LogP contribution in [0.5, 0.6) is 0 Å². The van der Waals surface area contributed by atoms with Crippen molar-refractivity contribution in [3.8, 4) is 0 Å². The van der Waals surface area contributed by atoms with Crippen molar-refractivity contribution < 1.29 is 9.47 Å². The van der Waals surface area contributed by atoms with E-state index in [1.165, 1.54) is 5.56 Å². The lowest BCUT2D eigenvalue weighted by Crippen LogP contribution is -2.37. The predicted octanol–water partition coefficient (Wildman–Crippen LogP) is 6.18. The summed E-state index contributed by atoms with van der Waals surface area (Å²) in [5.41, 5.74) is 3.27. The third kappa shape index (κ3) is 7.61. The summed E-state index contributed by atoms with van der Waals surface area (Å²) in [5, 5.41) is 0. The summed E-state index contributed by atoms with van der Waals surface area (Å²) in [4.78, 5) is 7.00. The zero-order chi connectivity index (χ0) is 22.6. The lowest BCUT2D eigenvalue weighted by atomic mass is 9.97. The second kappa shape index (κ2) is 13.2. The van der Waals surface area contributed by atoms with E-state index < -0.39 is 0 Å². The Bertz CT molecular complexity index is 827. The first kappa shape index (κ1) is 24.2. The molecule has 1 unspecified atom stereocenters. The second-order valence-electron chi connectivity index (χ2n) is 8.58. The maximum Gasteiger partial charge on any atom is 0.124 e. The standard InChI is InChI=1S/C28H38N2O2/c1-4-9-27(29-5-2)28(25-14-12-23(3)13-15-25)32-22-24-16-18-30(19-17-24)20-21-31-26-10-7-6-8-11-26/h4-5,7,9-15,24,28H,2,6,8,16-22H2,1,3H3/b9-4-,29-27?. The van der Waals surface area contributed by atoms with Crippen LogP contribution in [-0.2, 0) is 9.47 Å². The molecule has 0 bridgehead atoms. The maximum absolute atomic E-state index is 6.48. The zero-order valence-electron chi connectivity index (χ0n) is 19.7. The van der Waals surface area contributed by atoms with E-state index in [2.05, 4.69) is 65.9 Å². The van der Waals surface area contributed by atoms with Gasteiger partial charge < -0.3 is 9.47 Å². The number of aliphatic imine (C=N–C) groups is 1. The third-order valence-corrected chi connectivity index (χ3v) is 6.07. The maximum atomic E-state index is 6.48. The predicted molar refractivity (Wildman–Crippen MR) is 134 cm³/mol. The largest absolute Gasteiger partial charge is 0.493 e. The molecule has 172 valence electrons. The van der Waals surface area contributed by atoms with Crippen molar-refractivity contribution in [1.82, 2.24) is 4.90 Å². The minimum Gasteiger partial charge on any atom is -0.493 e. The van der Waals surface area contributed by atoms with Crippen LogP contribution in [0.1, 0.15) is 49.8 Å². The van der Waals surface area contributed by atoms with E-state index in [9.17, 15) is 0 Å². The number of allylic oxidation sites excluding steroid dienone is 4. The molecule has 0 radical (unpaired) electrons. The number of nitrogens with zero attached hydrogens (tertiary/aromatic N) is 2. The average Bonchev–Trinajstić information content (AvgIpc) is 2.82. The molecule has 1 atom stereocenters. The van der Waals surface area contributed by atoms with Gasteiger partial charge in [0.25, 0.3) is 0 Å². The Kier molecular flexibility index (Phi) is 9.98. The van der Waals surface area contributed by atoms with Crippen LogP contribution < -0.4 is 0 Å². The molecule has 0 amide bonds. The minimum atomic E-state index is -0.173. The first-order valence-corrected chi connectivity index (χ1v) is 11.9. The molecule has 2 aliphatic rings. The van der Waals surface area contributed by atoms with Crippen LogP contribution in [-0.4, -0.2) is 43.5 Å². The molecule has 1 aliphatic heterocycles. The van der Waals surface area contributed by atoms with E-state index in [1.54, 1.807) is 6.20 Å². The van der Waals surface area contributed by atoms with E-state index in [1.807, 2.05) is 19.1 Å². The van der Waals surface area contributed by atoms with E-state index in [4.69, 9.17) is 9.47 Å². The summed E-state index contributed by atoms with van der Waals surface area (Å²) in [6, 6.07) is 8.54. The molecule has 1 saturated heterocycles. The van der Waals surface area contributed by atoms with Crippen molar-refractivity contribution >= 4 is 5.71 Å². The number of benzene rings is 1. The van der Waals surface area contributed by atoms with Gasteiger partial charge in [-0.25, -0.2) is 0 Å². The quantitative estimate of drug-likeness (QED) is 0.390. The van der Waals surface area contributed by atoms with Crippen molar-refractivity contribution in [1.29, 1.82) is 0 Å². The van der Waals surface area contributed by atoms with E-state index in [-0.39, 0.29) is 6.10 Å². The summed E-state index contributed by atoms with van der Waals surface area (Å²) in [6.07, 6.45) is 16.4. The van der Waals surface area contributed by atoms with Crippen molar-refractivity contribution in [2.45, 2.75) is 45.6 Å². The summed E-state index contributed by atoms with van der Waals surface area (Å²) < 4.78 is 12.4. The normalized spacial score (nSPS) is 19.2. The molecule has 1 aliphatic carbocycles. The molecular formula is C28H38N2O2. The van der Waals surface area contributed by atoms with Gasteiger partial charge in [-0.3, -0.25) is 9.89 Å². The van der Waals surface area contributed by atoms with Crippen LogP contribution in [0.2, 0.25) is 0 Å². The molecule has 1 fully saturated rings. The smallest absolute Gasteiger partial charge is 0.124 e. The highest BCUT2D eigenvalue weighted by molar-refractivity contribution is 5.99. The van der Waals surface area contributed by atoms with Crippen LogP contribution in [0.25, 0.3) is 0 Å². The van der Waals surface area contributed by atoms with Gasteiger partial charge in [0.1, 0.15) is 18.5 Å². The molecule has 4 nitrogen and oxygen atoms in total. The molecule has 4 heteroatoms. The van der Waals surface area contributed by atoms with Gasteiger partial charge in [-0.05, 0) is 82.3 Å². The lowest BCUT2D eigenvalue weighted by Gasteiger charge is -2.32. The summed E-state index contributed by atoms with van der Waals surface area (Å²) in [5.74, 6) is 1.60. The third-order valence-electron chi connectivity index (χ3n) is 6.07. The van der Waals surface area contributed by atoms with Gasteiger partial charge in [0.05, 0.1) is 12.3 Å². The number of likely N-dealkylation sites (tertiary alicyclic amines) is 1. The molecule has 1 heterocycles. The number of hydrogen-bond donors (Lipinski definition) is 0. The topological polar surface area (TPSA) is 34.1 Å². The van der Waals surface area contributed by atoms with Crippen molar-refractivity contribution in [2.75, 3.05) is 32.8 Å². The van der Waals surface area contributed by atoms with Gasteiger partial charge >= 0.3 is 0 Å². The highest BCUT2D eigenvalue weighted by atomic mass is 16.5. The molecular weight excluding hydrogens is 396 g/mol. The fourth-order valence-electron chi connectivity index (χ4n) is 4.17. The van der Waals surface area contributed by atoms with Crippen molar-refractivity contribution in [3.63, 3.8) is 0 Å². The lowest BCUT2D eigenvalue weighted by molar-refractivity contribution is 0.0399. The van der Waals surface area contributed by atoms with Gasteiger partial charge in [0.15, 0.2) is 0 Å². The minimum absolute atomic E-state index is 0.173. The number of piperidine rings is 1. The zero-order valence-corrected chi connectivity index (χ0v) is 19.7.